The molecular weight excluding hydrogens is 376 g/mol. The van der Waals surface area contributed by atoms with Crippen LogP contribution in [0.25, 0.3) is 11.5 Å². The second kappa shape index (κ2) is 8.40. The number of amides is 1. The van der Waals surface area contributed by atoms with Gasteiger partial charge in [0.25, 0.3) is 5.89 Å². The van der Waals surface area contributed by atoms with Crippen molar-refractivity contribution in [3.05, 3.63) is 72.1 Å². The van der Waals surface area contributed by atoms with Crippen LogP contribution in [-0.2, 0) is 11.3 Å². The third kappa shape index (κ3) is 4.28. The highest BCUT2D eigenvalue weighted by Crippen LogP contribution is 2.32. The minimum Gasteiger partial charge on any atom is -0.351 e. The van der Waals surface area contributed by atoms with E-state index in [1.165, 1.54) is 5.56 Å². The second-order valence-electron chi connectivity index (χ2n) is 8.31. The summed E-state index contributed by atoms with van der Waals surface area (Å²) < 4.78 is 5.46. The van der Waals surface area contributed by atoms with Crippen LogP contribution in [0.4, 0.5) is 0 Å². The number of carbonyl (C=O) groups excluding carboxylic acids is 1. The summed E-state index contributed by atoms with van der Waals surface area (Å²) in [7, 11) is 0. The third-order valence-electron chi connectivity index (χ3n) is 6.05. The van der Waals surface area contributed by atoms with Gasteiger partial charge >= 0.3 is 0 Å². The highest BCUT2D eigenvalue weighted by molar-refractivity contribution is 5.81. The summed E-state index contributed by atoms with van der Waals surface area (Å²) in [5.41, 5.74) is 2.22. The first-order valence-corrected chi connectivity index (χ1v) is 10.7. The standard InChI is InChI=1S/C24H26N4O2/c29-23(18-11-12-18)25-21-15-28(14-13-20(21)17-7-3-1-4-8-17)16-22-26-24(30-27-22)19-9-5-2-6-10-19/h1-10,18,20-21H,11-16H2,(H,25,29)/t20-,21+/m0/s1. The summed E-state index contributed by atoms with van der Waals surface area (Å²) in [6.45, 7) is 2.34. The lowest BCUT2D eigenvalue weighted by molar-refractivity contribution is -0.123. The molecule has 2 aliphatic rings. The molecule has 1 saturated carbocycles. The molecule has 1 amide bonds. The summed E-state index contributed by atoms with van der Waals surface area (Å²) in [5.74, 6) is 1.97. The lowest BCUT2D eigenvalue weighted by Gasteiger charge is -2.38. The summed E-state index contributed by atoms with van der Waals surface area (Å²) in [6, 6.07) is 20.4. The van der Waals surface area contributed by atoms with Crippen LogP contribution in [0.2, 0.25) is 0 Å². The average Bonchev–Trinajstić information content (AvgIpc) is 3.55. The van der Waals surface area contributed by atoms with Gasteiger partial charge in [-0.1, -0.05) is 53.7 Å². The van der Waals surface area contributed by atoms with Gasteiger partial charge in [0, 0.05) is 30.0 Å². The number of nitrogens with one attached hydrogen (secondary N) is 1. The number of rotatable bonds is 6. The van der Waals surface area contributed by atoms with Gasteiger partial charge in [-0.15, -0.1) is 0 Å². The average molecular weight is 402 g/mol. The van der Waals surface area contributed by atoms with Gasteiger partial charge in [0.15, 0.2) is 5.82 Å². The first-order valence-electron chi connectivity index (χ1n) is 10.7. The molecule has 0 unspecified atom stereocenters. The van der Waals surface area contributed by atoms with Gasteiger partial charge in [0.05, 0.1) is 6.54 Å². The van der Waals surface area contributed by atoms with Crippen LogP contribution in [-0.4, -0.2) is 40.1 Å². The van der Waals surface area contributed by atoms with Crippen LogP contribution in [0.15, 0.2) is 65.2 Å². The molecule has 1 saturated heterocycles. The molecule has 1 aromatic heterocycles. The quantitative estimate of drug-likeness (QED) is 0.682. The fraction of sp³-hybridized carbons (Fsp3) is 0.375. The number of hydrogen-bond donors (Lipinski definition) is 1. The zero-order valence-corrected chi connectivity index (χ0v) is 16.9. The maximum absolute atomic E-state index is 12.5. The van der Waals surface area contributed by atoms with E-state index in [9.17, 15) is 4.79 Å². The Morgan fingerprint density at radius 1 is 1.03 bits per heavy atom. The molecule has 6 nitrogen and oxygen atoms in total. The van der Waals surface area contributed by atoms with E-state index >= 15 is 0 Å². The van der Waals surface area contributed by atoms with Crippen molar-refractivity contribution >= 4 is 5.91 Å². The molecule has 30 heavy (non-hydrogen) atoms. The molecule has 0 radical (unpaired) electrons. The summed E-state index contributed by atoms with van der Waals surface area (Å²) in [5, 5.41) is 7.50. The maximum Gasteiger partial charge on any atom is 0.257 e. The topological polar surface area (TPSA) is 71.3 Å². The number of hydrogen-bond acceptors (Lipinski definition) is 5. The minimum absolute atomic E-state index is 0.0924. The van der Waals surface area contributed by atoms with Crippen molar-refractivity contribution in [2.75, 3.05) is 13.1 Å². The minimum atomic E-state index is 0.0924. The van der Waals surface area contributed by atoms with Crippen LogP contribution >= 0.6 is 0 Å². The number of nitrogens with zero attached hydrogens (tertiary/aromatic N) is 3. The zero-order valence-electron chi connectivity index (χ0n) is 16.9. The highest BCUT2D eigenvalue weighted by Gasteiger charge is 2.36. The lowest BCUT2D eigenvalue weighted by Crippen LogP contribution is -2.51. The maximum atomic E-state index is 12.5. The molecular formula is C24H26N4O2. The van der Waals surface area contributed by atoms with Crippen molar-refractivity contribution < 1.29 is 9.32 Å². The molecule has 0 spiro atoms. The molecule has 2 aromatic carbocycles. The summed E-state index contributed by atoms with van der Waals surface area (Å²) in [4.78, 5) is 19.4. The summed E-state index contributed by atoms with van der Waals surface area (Å²) >= 11 is 0. The number of piperidine rings is 1. The first-order chi connectivity index (χ1) is 14.8. The van der Waals surface area contributed by atoms with Crippen molar-refractivity contribution in [1.82, 2.24) is 20.4 Å². The predicted octanol–water partition coefficient (Wildman–Crippen LogP) is 3.62. The molecule has 1 N–H and O–H groups in total. The molecule has 1 aliphatic carbocycles. The molecule has 2 fully saturated rings. The fourth-order valence-corrected chi connectivity index (χ4v) is 4.27. The Bertz CT molecular complexity index is 985. The van der Waals surface area contributed by atoms with Gasteiger partial charge in [-0.3, -0.25) is 9.69 Å². The number of carbonyl (C=O) groups is 1. The van der Waals surface area contributed by atoms with E-state index < -0.39 is 0 Å². The van der Waals surface area contributed by atoms with Gasteiger partial charge < -0.3 is 9.84 Å². The van der Waals surface area contributed by atoms with E-state index in [0.29, 0.717) is 24.2 Å². The number of likely N-dealkylation sites (tertiary alicyclic amines) is 1. The molecule has 5 rings (SSSR count). The van der Waals surface area contributed by atoms with Gasteiger partial charge in [0.2, 0.25) is 5.91 Å². The summed E-state index contributed by atoms with van der Waals surface area (Å²) in [6.07, 6.45) is 3.02. The molecule has 0 bridgehead atoms. The van der Waals surface area contributed by atoms with E-state index in [-0.39, 0.29) is 17.9 Å². The molecule has 1 aliphatic heterocycles. The Hall–Kier alpha value is -2.99. The van der Waals surface area contributed by atoms with Gasteiger partial charge in [-0.25, -0.2) is 0 Å². The van der Waals surface area contributed by atoms with Crippen molar-refractivity contribution in [2.24, 2.45) is 5.92 Å². The van der Waals surface area contributed by atoms with E-state index in [1.54, 1.807) is 0 Å². The molecule has 2 heterocycles. The first kappa shape index (κ1) is 19.0. The Balaban J connectivity index is 1.29. The van der Waals surface area contributed by atoms with E-state index in [1.807, 2.05) is 36.4 Å². The molecule has 6 heteroatoms. The van der Waals surface area contributed by atoms with Crippen molar-refractivity contribution in [3.63, 3.8) is 0 Å². The van der Waals surface area contributed by atoms with Crippen LogP contribution in [0.1, 0.15) is 36.6 Å². The fourth-order valence-electron chi connectivity index (χ4n) is 4.27. The van der Waals surface area contributed by atoms with E-state index in [2.05, 4.69) is 44.6 Å². The normalized spacial score (nSPS) is 22.0. The van der Waals surface area contributed by atoms with Crippen molar-refractivity contribution in [2.45, 2.75) is 37.8 Å². The van der Waals surface area contributed by atoms with Crippen molar-refractivity contribution in [1.29, 1.82) is 0 Å². The van der Waals surface area contributed by atoms with Crippen molar-refractivity contribution in [3.8, 4) is 11.5 Å². The largest absolute Gasteiger partial charge is 0.351 e. The van der Waals surface area contributed by atoms with Crippen LogP contribution in [0.5, 0.6) is 0 Å². The zero-order chi connectivity index (χ0) is 20.3. The van der Waals surface area contributed by atoms with Crippen LogP contribution in [0, 0.1) is 5.92 Å². The van der Waals surface area contributed by atoms with E-state index in [4.69, 9.17) is 4.52 Å². The molecule has 154 valence electrons. The number of aromatic nitrogens is 2. The van der Waals surface area contributed by atoms with Gasteiger partial charge in [-0.05, 0) is 43.5 Å². The second-order valence-corrected chi connectivity index (χ2v) is 8.31. The SMILES string of the molecule is O=C(N[C@@H]1CN(Cc2noc(-c3ccccc3)n2)CC[C@H]1c1ccccc1)C1CC1. The smallest absolute Gasteiger partial charge is 0.257 e. The Kier molecular flexibility index (Phi) is 5.32. The van der Waals surface area contributed by atoms with Gasteiger partial charge in [-0.2, -0.15) is 4.98 Å². The molecule has 2 atom stereocenters. The highest BCUT2D eigenvalue weighted by atomic mass is 16.5. The van der Waals surface area contributed by atoms with Gasteiger partial charge in [0.1, 0.15) is 0 Å². The lowest BCUT2D eigenvalue weighted by atomic mass is 9.85. The predicted molar refractivity (Wildman–Crippen MR) is 113 cm³/mol. The van der Waals surface area contributed by atoms with Crippen LogP contribution in [0.3, 0.4) is 0 Å². The molecule has 3 aromatic rings. The Labute approximate surface area is 176 Å². The number of benzene rings is 2. The monoisotopic (exact) mass is 402 g/mol. The van der Waals surface area contributed by atoms with E-state index in [0.717, 1.165) is 37.9 Å². The Morgan fingerprint density at radius 3 is 2.50 bits per heavy atom. The Morgan fingerprint density at radius 2 is 1.77 bits per heavy atom. The third-order valence-corrected chi connectivity index (χ3v) is 6.05. The van der Waals surface area contributed by atoms with Crippen LogP contribution < -0.4 is 5.32 Å².